The summed E-state index contributed by atoms with van der Waals surface area (Å²) in [5.41, 5.74) is 1.61. The maximum Gasteiger partial charge on any atom is 0.416 e. The summed E-state index contributed by atoms with van der Waals surface area (Å²) in [4.78, 5) is 22.9. The summed E-state index contributed by atoms with van der Waals surface area (Å²) in [6.45, 7) is 5.20. The molecule has 1 aliphatic rings. The molecule has 1 N–H and O–H groups in total. The molecule has 5 nitrogen and oxygen atoms in total. The number of rotatable bonds is 5. The standard InChI is InChI=1S/C19H21F3N4OS/c1-12-9-13(2)24-18(23-12)28-11-17(27)25-15-10-14(19(20,21)22)5-6-16(15)26-7-3-4-8-26/h5-6,9-10H,3-4,7-8,11H2,1-2H3,(H,25,27). The van der Waals surface area contributed by atoms with E-state index in [0.29, 0.717) is 10.8 Å². The number of carbonyl (C=O) groups excluding carboxylic acids is 1. The molecule has 0 unspecified atom stereocenters. The zero-order chi connectivity index (χ0) is 20.3. The van der Waals surface area contributed by atoms with Gasteiger partial charge >= 0.3 is 6.18 Å². The third kappa shape index (κ3) is 5.15. The van der Waals surface area contributed by atoms with Gasteiger partial charge in [0.1, 0.15) is 0 Å². The molecule has 0 aliphatic carbocycles. The maximum absolute atomic E-state index is 13.1. The van der Waals surface area contributed by atoms with Crippen molar-refractivity contribution >= 4 is 29.0 Å². The molecule has 2 aromatic rings. The molecule has 0 saturated carbocycles. The van der Waals surface area contributed by atoms with Gasteiger partial charge in [0, 0.05) is 24.5 Å². The zero-order valence-corrected chi connectivity index (χ0v) is 16.5. The molecule has 3 rings (SSSR count). The molecule has 1 saturated heterocycles. The summed E-state index contributed by atoms with van der Waals surface area (Å²) in [5.74, 6) is -0.383. The number of nitrogens with one attached hydrogen (secondary N) is 1. The number of halogens is 3. The fourth-order valence-corrected chi connectivity index (χ4v) is 3.87. The molecule has 1 aliphatic heterocycles. The second-order valence-electron chi connectivity index (χ2n) is 6.69. The third-order valence-corrected chi connectivity index (χ3v) is 5.19. The highest BCUT2D eigenvalue weighted by Crippen LogP contribution is 2.36. The quantitative estimate of drug-likeness (QED) is 0.583. The molecule has 28 heavy (non-hydrogen) atoms. The number of carbonyl (C=O) groups is 1. The van der Waals surface area contributed by atoms with Gasteiger partial charge in [-0.05, 0) is 51.0 Å². The molecule has 0 bridgehead atoms. The number of anilines is 2. The third-order valence-electron chi connectivity index (χ3n) is 4.34. The van der Waals surface area contributed by atoms with Gasteiger partial charge in [-0.3, -0.25) is 4.79 Å². The van der Waals surface area contributed by atoms with E-state index < -0.39 is 17.6 Å². The van der Waals surface area contributed by atoms with Crippen LogP contribution >= 0.6 is 11.8 Å². The van der Waals surface area contributed by atoms with Crippen LogP contribution in [0.4, 0.5) is 24.5 Å². The minimum Gasteiger partial charge on any atom is -0.370 e. The number of amides is 1. The second-order valence-corrected chi connectivity index (χ2v) is 7.64. The van der Waals surface area contributed by atoms with Crippen molar-refractivity contribution in [3.63, 3.8) is 0 Å². The van der Waals surface area contributed by atoms with Gasteiger partial charge in [-0.25, -0.2) is 9.97 Å². The number of nitrogens with zero attached hydrogens (tertiary/aromatic N) is 3. The lowest BCUT2D eigenvalue weighted by Crippen LogP contribution is -2.22. The summed E-state index contributed by atoms with van der Waals surface area (Å²) in [7, 11) is 0. The van der Waals surface area contributed by atoms with Gasteiger partial charge in [-0.1, -0.05) is 11.8 Å². The highest BCUT2D eigenvalue weighted by Gasteiger charge is 2.32. The number of aromatic nitrogens is 2. The van der Waals surface area contributed by atoms with E-state index in [9.17, 15) is 18.0 Å². The van der Waals surface area contributed by atoms with Gasteiger partial charge in [-0.2, -0.15) is 13.2 Å². The average Bonchev–Trinajstić information content (AvgIpc) is 3.13. The van der Waals surface area contributed by atoms with Gasteiger partial charge in [0.2, 0.25) is 5.91 Å². The number of alkyl halides is 3. The van der Waals surface area contributed by atoms with E-state index >= 15 is 0 Å². The Hall–Kier alpha value is -2.29. The normalized spacial score (nSPS) is 14.4. The lowest BCUT2D eigenvalue weighted by molar-refractivity contribution is -0.137. The summed E-state index contributed by atoms with van der Waals surface area (Å²) >= 11 is 1.15. The summed E-state index contributed by atoms with van der Waals surface area (Å²) in [5, 5.41) is 3.11. The first kappa shape index (κ1) is 20.4. The minimum atomic E-state index is -4.47. The summed E-state index contributed by atoms with van der Waals surface area (Å²) in [6.07, 6.45) is -2.51. The van der Waals surface area contributed by atoms with Crippen molar-refractivity contribution in [3.05, 3.63) is 41.2 Å². The van der Waals surface area contributed by atoms with Crippen molar-refractivity contribution < 1.29 is 18.0 Å². The van der Waals surface area contributed by atoms with E-state index in [4.69, 9.17) is 0 Å². The van der Waals surface area contributed by atoms with Gasteiger partial charge in [0.25, 0.3) is 0 Å². The Labute approximate surface area is 165 Å². The second kappa shape index (κ2) is 8.38. The lowest BCUT2D eigenvalue weighted by Gasteiger charge is -2.23. The minimum absolute atomic E-state index is 0.0125. The molecule has 1 fully saturated rings. The van der Waals surface area contributed by atoms with E-state index in [1.807, 2.05) is 24.8 Å². The fraction of sp³-hybridized carbons (Fsp3) is 0.421. The van der Waals surface area contributed by atoms with Crippen LogP contribution in [0.3, 0.4) is 0 Å². The van der Waals surface area contributed by atoms with Crippen molar-refractivity contribution in [2.75, 3.05) is 29.1 Å². The molecule has 0 radical (unpaired) electrons. The van der Waals surface area contributed by atoms with Crippen LogP contribution < -0.4 is 10.2 Å². The molecule has 1 amide bonds. The Morgan fingerprint density at radius 1 is 1.14 bits per heavy atom. The highest BCUT2D eigenvalue weighted by atomic mass is 32.2. The van der Waals surface area contributed by atoms with Crippen LogP contribution in [0, 0.1) is 13.8 Å². The molecule has 1 aromatic heterocycles. The van der Waals surface area contributed by atoms with E-state index in [0.717, 1.165) is 61.2 Å². The average molecular weight is 410 g/mol. The van der Waals surface area contributed by atoms with Crippen LogP contribution in [0.1, 0.15) is 29.8 Å². The Balaban J connectivity index is 1.75. The van der Waals surface area contributed by atoms with Gasteiger partial charge in [-0.15, -0.1) is 0 Å². The number of aryl methyl sites for hydroxylation is 2. The molecule has 150 valence electrons. The number of benzene rings is 1. The Morgan fingerprint density at radius 2 is 1.79 bits per heavy atom. The van der Waals surface area contributed by atoms with E-state index in [2.05, 4.69) is 15.3 Å². The smallest absolute Gasteiger partial charge is 0.370 e. The van der Waals surface area contributed by atoms with E-state index in [1.54, 1.807) is 0 Å². The first-order chi connectivity index (χ1) is 13.2. The molecular weight excluding hydrogens is 389 g/mol. The Kier molecular flexibility index (Phi) is 6.12. The van der Waals surface area contributed by atoms with Crippen molar-refractivity contribution in [2.24, 2.45) is 0 Å². The van der Waals surface area contributed by atoms with Crippen molar-refractivity contribution in [2.45, 2.75) is 38.0 Å². The maximum atomic E-state index is 13.1. The lowest BCUT2D eigenvalue weighted by atomic mass is 10.1. The summed E-state index contributed by atoms with van der Waals surface area (Å²) < 4.78 is 39.3. The fourth-order valence-electron chi connectivity index (χ4n) is 3.12. The van der Waals surface area contributed by atoms with Crippen molar-refractivity contribution in [1.29, 1.82) is 0 Å². The first-order valence-corrected chi connectivity index (χ1v) is 9.92. The first-order valence-electron chi connectivity index (χ1n) is 8.93. The Morgan fingerprint density at radius 3 is 2.39 bits per heavy atom. The van der Waals surface area contributed by atoms with Crippen LogP contribution in [0.5, 0.6) is 0 Å². The van der Waals surface area contributed by atoms with Gasteiger partial charge < -0.3 is 10.2 Å². The monoisotopic (exact) mass is 410 g/mol. The molecule has 9 heteroatoms. The van der Waals surface area contributed by atoms with Crippen LogP contribution in [0.15, 0.2) is 29.4 Å². The van der Waals surface area contributed by atoms with Crippen LogP contribution in [0.2, 0.25) is 0 Å². The SMILES string of the molecule is Cc1cc(C)nc(SCC(=O)Nc2cc(C(F)(F)F)ccc2N2CCCC2)n1. The Bertz CT molecular complexity index is 846. The topological polar surface area (TPSA) is 58.1 Å². The van der Waals surface area contributed by atoms with E-state index in [-0.39, 0.29) is 11.4 Å². The highest BCUT2D eigenvalue weighted by molar-refractivity contribution is 7.99. The van der Waals surface area contributed by atoms with Crippen LogP contribution in [-0.2, 0) is 11.0 Å². The molecule has 2 heterocycles. The predicted octanol–water partition coefficient (Wildman–Crippen LogP) is 4.44. The molecule has 1 aromatic carbocycles. The van der Waals surface area contributed by atoms with Gasteiger partial charge in [0.15, 0.2) is 5.16 Å². The van der Waals surface area contributed by atoms with Gasteiger partial charge in [0.05, 0.1) is 22.7 Å². The van der Waals surface area contributed by atoms with E-state index in [1.165, 1.54) is 6.07 Å². The number of thioether (sulfide) groups is 1. The largest absolute Gasteiger partial charge is 0.416 e. The number of hydrogen-bond donors (Lipinski definition) is 1. The summed E-state index contributed by atoms with van der Waals surface area (Å²) in [6, 6.07) is 5.32. The number of hydrogen-bond acceptors (Lipinski definition) is 5. The van der Waals surface area contributed by atoms with Crippen LogP contribution in [0.25, 0.3) is 0 Å². The molecular formula is C19H21F3N4OS. The molecule has 0 spiro atoms. The zero-order valence-electron chi connectivity index (χ0n) is 15.6. The van der Waals surface area contributed by atoms with Crippen molar-refractivity contribution in [3.8, 4) is 0 Å². The van der Waals surface area contributed by atoms with Crippen LogP contribution in [-0.4, -0.2) is 34.7 Å². The van der Waals surface area contributed by atoms with Crippen molar-refractivity contribution in [1.82, 2.24) is 9.97 Å². The predicted molar refractivity (Wildman–Crippen MR) is 104 cm³/mol. The molecule has 0 atom stereocenters.